The molecule has 1 aromatic rings. The summed E-state index contributed by atoms with van der Waals surface area (Å²) in [6.07, 6.45) is 1.13. The molecule has 13 nitrogen and oxygen atoms in total. The number of aromatic nitrogens is 4. The van der Waals surface area contributed by atoms with Crippen LogP contribution in [0.1, 0.15) is 59.7 Å². The summed E-state index contributed by atoms with van der Waals surface area (Å²) in [4.78, 5) is 51.6. The van der Waals surface area contributed by atoms with Gasteiger partial charge in [0.1, 0.15) is 17.7 Å². The highest BCUT2D eigenvalue weighted by Gasteiger charge is 2.35. The normalized spacial score (nSPS) is 17.7. The first-order valence-corrected chi connectivity index (χ1v) is 11.1. The molecule has 2 rings (SSSR count). The molecule has 1 aliphatic rings. The molecule has 1 aromatic heterocycles. The molecule has 1 saturated heterocycles. The second-order valence-electron chi connectivity index (χ2n) is 9.02. The minimum atomic E-state index is -0.856. The molecule has 4 amide bonds. The molecule has 184 valence electrons. The van der Waals surface area contributed by atoms with Gasteiger partial charge in [0.2, 0.25) is 17.7 Å². The zero-order valence-corrected chi connectivity index (χ0v) is 19.8. The summed E-state index contributed by atoms with van der Waals surface area (Å²) in [6, 6.07) is -1.49. The fourth-order valence-corrected chi connectivity index (χ4v) is 3.39. The summed E-state index contributed by atoms with van der Waals surface area (Å²) in [7, 11) is 0. The number of carbonyl (C=O) groups is 4. The minimum Gasteiger partial charge on any atom is -0.444 e. The molecule has 0 saturated carbocycles. The number of nitrogens with zero attached hydrogens (tertiary/aromatic N) is 4. The van der Waals surface area contributed by atoms with Gasteiger partial charge in [0.05, 0.1) is 13.1 Å². The molecule has 1 fully saturated rings. The summed E-state index contributed by atoms with van der Waals surface area (Å²) >= 11 is 0. The second-order valence-corrected chi connectivity index (χ2v) is 9.02. The van der Waals surface area contributed by atoms with Crippen molar-refractivity contribution in [2.45, 2.75) is 78.1 Å². The number of likely N-dealkylation sites (tertiary alicyclic amines) is 1. The number of carbonyl (C=O) groups excluding carboxylic acids is 4. The minimum absolute atomic E-state index is 0.0948. The summed E-state index contributed by atoms with van der Waals surface area (Å²) in [5.74, 6) is -1.02. The van der Waals surface area contributed by atoms with Crippen molar-refractivity contribution in [3.63, 3.8) is 0 Å². The molecule has 33 heavy (non-hydrogen) atoms. The Morgan fingerprint density at radius 2 is 1.97 bits per heavy atom. The SMILES string of the molecule is CC[C@H](C)[C@H](NC(=O)OC(C)(C)C)C(=O)NCC(=O)N1CCC[C@H]1C(=O)NCc1nn[nH]n1. The van der Waals surface area contributed by atoms with E-state index >= 15 is 0 Å². The highest BCUT2D eigenvalue weighted by molar-refractivity contribution is 5.92. The van der Waals surface area contributed by atoms with Gasteiger partial charge in [0, 0.05) is 6.54 Å². The molecular weight excluding hydrogens is 432 g/mol. The zero-order chi connectivity index (χ0) is 24.6. The van der Waals surface area contributed by atoms with E-state index in [1.807, 2.05) is 13.8 Å². The quantitative estimate of drug-likeness (QED) is 0.389. The predicted octanol–water partition coefficient (Wildman–Crippen LogP) is -0.137. The van der Waals surface area contributed by atoms with E-state index in [-0.39, 0.29) is 30.8 Å². The first kappa shape index (κ1) is 26.0. The summed E-state index contributed by atoms with van der Waals surface area (Å²) in [5.41, 5.74) is -0.703. The molecular formula is C20H34N8O5. The molecule has 0 spiro atoms. The van der Waals surface area contributed by atoms with E-state index in [1.165, 1.54) is 4.90 Å². The maximum absolute atomic E-state index is 12.8. The number of aromatic amines is 1. The lowest BCUT2D eigenvalue weighted by Gasteiger charge is -2.27. The van der Waals surface area contributed by atoms with E-state index in [0.717, 1.165) is 0 Å². The summed E-state index contributed by atoms with van der Waals surface area (Å²) in [6.45, 7) is 9.15. The van der Waals surface area contributed by atoms with Crippen molar-refractivity contribution in [1.29, 1.82) is 0 Å². The van der Waals surface area contributed by atoms with Crippen LogP contribution in [-0.2, 0) is 25.7 Å². The number of tetrazole rings is 1. The Labute approximate surface area is 192 Å². The Balaban J connectivity index is 1.90. The van der Waals surface area contributed by atoms with E-state index in [0.29, 0.717) is 31.6 Å². The van der Waals surface area contributed by atoms with E-state index in [1.54, 1.807) is 20.8 Å². The average molecular weight is 467 g/mol. The van der Waals surface area contributed by atoms with Crippen molar-refractivity contribution in [1.82, 2.24) is 41.5 Å². The van der Waals surface area contributed by atoms with Gasteiger partial charge in [0.15, 0.2) is 5.82 Å². The van der Waals surface area contributed by atoms with E-state index < -0.39 is 29.7 Å². The van der Waals surface area contributed by atoms with Gasteiger partial charge in [-0.15, -0.1) is 10.2 Å². The number of nitrogens with one attached hydrogen (secondary N) is 4. The Kier molecular flexibility index (Phi) is 9.12. The molecule has 2 heterocycles. The lowest BCUT2D eigenvalue weighted by atomic mass is 9.98. The Morgan fingerprint density at radius 1 is 1.24 bits per heavy atom. The van der Waals surface area contributed by atoms with Crippen LogP contribution < -0.4 is 16.0 Å². The van der Waals surface area contributed by atoms with Gasteiger partial charge in [0.25, 0.3) is 0 Å². The third-order valence-electron chi connectivity index (χ3n) is 5.27. The Bertz CT molecular complexity index is 823. The van der Waals surface area contributed by atoms with Crippen LogP contribution >= 0.6 is 0 Å². The summed E-state index contributed by atoms with van der Waals surface area (Å²) in [5, 5.41) is 21.1. The number of alkyl carbamates (subject to hydrolysis) is 1. The number of amides is 4. The van der Waals surface area contributed by atoms with Crippen LogP contribution in [0.15, 0.2) is 0 Å². The number of hydrogen-bond acceptors (Lipinski definition) is 8. The van der Waals surface area contributed by atoms with Crippen LogP contribution in [0, 0.1) is 5.92 Å². The smallest absolute Gasteiger partial charge is 0.408 e. The lowest BCUT2D eigenvalue weighted by Crippen LogP contribution is -2.54. The molecule has 0 aliphatic carbocycles. The van der Waals surface area contributed by atoms with Crippen molar-refractivity contribution >= 4 is 23.8 Å². The van der Waals surface area contributed by atoms with Gasteiger partial charge in [-0.05, 0) is 39.5 Å². The molecule has 0 unspecified atom stereocenters. The predicted molar refractivity (Wildman–Crippen MR) is 116 cm³/mol. The monoisotopic (exact) mass is 466 g/mol. The lowest BCUT2D eigenvalue weighted by molar-refractivity contribution is -0.139. The average Bonchev–Trinajstić information content (AvgIpc) is 3.44. The van der Waals surface area contributed by atoms with Gasteiger partial charge in [-0.1, -0.05) is 25.5 Å². The molecule has 0 bridgehead atoms. The maximum atomic E-state index is 12.8. The highest BCUT2D eigenvalue weighted by Crippen LogP contribution is 2.18. The molecule has 13 heteroatoms. The number of ether oxygens (including phenoxy) is 1. The summed E-state index contributed by atoms with van der Waals surface area (Å²) < 4.78 is 5.25. The molecule has 3 atom stereocenters. The van der Waals surface area contributed by atoms with Gasteiger partial charge in [-0.2, -0.15) is 5.21 Å². The van der Waals surface area contributed by atoms with Crippen LogP contribution in [0.2, 0.25) is 0 Å². The molecule has 4 N–H and O–H groups in total. The van der Waals surface area contributed by atoms with Crippen LogP contribution in [-0.4, -0.2) is 80.1 Å². The topological polar surface area (TPSA) is 171 Å². The second kappa shape index (κ2) is 11.6. The van der Waals surface area contributed by atoms with Crippen molar-refractivity contribution in [3.8, 4) is 0 Å². The number of hydrogen-bond donors (Lipinski definition) is 4. The van der Waals surface area contributed by atoms with Crippen molar-refractivity contribution in [3.05, 3.63) is 5.82 Å². The third kappa shape index (κ3) is 7.99. The third-order valence-corrected chi connectivity index (χ3v) is 5.27. The fourth-order valence-electron chi connectivity index (χ4n) is 3.39. The van der Waals surface area contributed by atoms with Gasteiger partial charge in [-0.25, -0.2) is 4.79 Å². The molecule has 0 radical (unpaired) electrons. The van der Waals surface area contributed by atoms with E-state index in [9.17, 15) is 19.2 Å². The first-order chi connectivity index (χ1) is 15.5. The van der Waals surface area contributed by atoms with Crippen molar-refractivity contribution in [2.75, 3.05) is 13.1 Å². The maximum Gasteiger partial charge on any atom is 0.408 e. The first-order valence-electron chi connectivity index (χ1n) is 11.1. The van der Waals surface area contributed by atoms with Gasteiger partial charge < -0.3 is 25.6 Å². The molecule has 1 aliphatic heterocycles. The van der Waals surface area contributed by atoms with Crippen LogP contribution in [0.25, 0.3) is 0 Å². The van der Waals surface area contributed by atoms with Crippen molar-refractivity contribution < 1.29 is 23.9 Å². The van der Waals surface area contributed by atoms with E-state index in [2.05, 4.69) is 36.6 Å². The highest BCUT2D eigenvalue weighted by atomic mass is 16.6. The van der Waals surface area contributed by atoms with Gasteiger partial charge in [-0.3, -0.25) is 14.4 Å². The number of rotatable bonds is 9. The van der Waals surface area contributed by atoms with Gasteiger partial charge >= 0.3 is 6.09 Å². The fraction of sp³-hybridized carbons (Fsp3) is 0.750. The Morgan fingerprint density at radius 3 is 2.58 bits per heavy atom. The number of H-pyrrole nitrogens is 1. The van der Waals surface area contributed by atoms with Crippen LogP contribution in [0.5, 0.6) is 0 Å². The Hall–Kier alpha value is -3.25. The van der Waals surface area contributed by atoms with E-state index in [4.69, 9.17) is 4.74 Å². The largest absolute Gasteiger partial charge is 0.444 e. The van der Waals surface area contributed by atoms with Crippen LogP contribution in [0.4, 0.5) is 4.79 Å². The van der Waals surface area contributed by atoms with Crippen molar-refractivity contribution in [2.24, 2.45) is 5.92 Å². The molecule has 0 aromatic carbocycles. The van der Waals surface area contributed by atoms with Crippen LogP contribution in [0.3, 0.4) is 0 Å². The zero-order valence-electron chi connectivity index (χ0n) is 19.8. The standard InChI is InChI=1S/C20H34N8O5/c1-6-12(2)16(23-19(32)33-20(3,4)5)18(31)22-11-15(29)28-9-7-8-13(28)17(30)21-10-14-24-26-27-25-14/h12-13,16H,6-11H2,1-5H3,(H,21,30)(H,22,31)(H,23,32)(H,24,25,26,27)/t12-,13-,16-/m0/s1.